The van der Waals surface area contributed by atoms with E-state index in [9.17, 15) is 13.2 Å². The molecule has 0 fully saturated rings. The Kier molecular flexibility index (Phi) is 4.68. The summed E-state index contributed by atoms with van der Waals surface area (Å²) in [4.78, 5) is -0.311. The Balaban J connectivity index is 2.28. The van der Waals surface area contributed by atoms with E-state index in [1.54, 1.807) is 6.07 Å². The van der Waals surface area contributed by atoms with Crippen molar-refractivity contribution in [1.82, 2.24) is 0 Å². The highest BCUT2D eigenvalue weighted by molar-refractivity contribution is 9.11. The van der Waals surface area contributed by atoms with Crippen LogP contribution in [0.25, 0.3) is 0 Å². The van der Waals surface area contributed by atoms with Crippen molar-refractivity contribution < 1.29 is 13.2 Å². The molecule has 0 aliphatic carbocycles. The number of rotatable bonds is 3. The van der Waals surface area contributed by atoms with Gasteiger partial charge in [0.25, 0.3) is 0 Å². The fourth-order valence-electron chi connectivity index (χ4n) is 1.76. The molecule has 0 bridgehead atoms. The second-order valence-electron chi connectivity index (χ2n) is 4.05. The lowest BCUT2D eigenvalue weighted by molar-refractivity contribution is 0.498. The van der Waals surface area contributed by atoms with Gasteiger partial charge in [-0.2, -0.15) is 0 Å². The molecule has 0 aliphatic heterocycles. The van der Waals surface area contributed by atoms with E-state index in [4.69, 9.17) is 0 Å². The summed E-state index contributed by atoms with van der Waals surface area (Å²) in [6.45, 7) is 0. The maximum Gasteiger partial charge on any atom is 0.162 e. The maximum atomic E-state index is 13.6. The van der Waals surface area contributed by atoms with Crippen LogP contribution in [0.4, 0.5) is 13.2 Å². The average molecular weight is 394 g/mol. The summed E-state index contributed by atoms with van der Waals surface area (Å²) in [5, 5.41) is 0. The summed E-state index contributed by atoms with van der Waals surface area (Å²) in [6.07, 6.45) is 0.228. The molecule has 100 valence electrons. The van der Waals surface area contributed by atoms with Crippen LogP contribution in [0, 0.1) is 17.5 Å². The predicted octanol–water partition coefficient (Wildman–Crippen LogP) is 5.55. The second kappa shape index (κ2) is 6.09. The molecule has 2 aromatic rings. The number of hydrogen-bond acceptors (Lipinski definition) is 0. The molecule has 0 saturated heterocycles. The summed E-state index contributed by atoms with van der Waals surface area (Å²) in [6, 6.07) is 8.31. The maximum absolute atomic E-state index is 13.6. The Morgan fingerprint density at radius 2 is 1.79 bits per heavy atom. The third kappa shape index (κ3) is 3.39. The number of alkyl halides is 1. The molecule has 0 amide bonds. The summed E-state index contributed by atoms with van der Waals surface area (Å²) < 4.78 is 40.6. The van der Waals surface area contributed by atoms with Crippen molar-refractivity contribution in [3.8, 4) is 0 Å². The zero-order chi connectivity index (χ0) is 14.0. The van der Waals surface area contributed by atoms with E-state index < -0.39 is 11.6 Å². The minimum Gasteiger partial charge on any atom is -0.207 e. The average Bonchev–Trinajstić information content (AvgIpc) is 2.38. The molecule has 0 radical (unpaired) electrons. The summed E-state index contributed by atoms with van der Waals surface area (Å²) >= 11 is 6.69. The zero-order valence-corrected chi connectivity index (χ0v) is 12.8. The molecule has 0 nitrogen and oxygen atoms in total. The van der Waals surface area contributed by atoms with E-state index in [1.807, 2.05) is 0 Å². The van der Waals surface area contributed by atoms with Crippen LogP contribution >= 0.6 is 31.9 Å². The van der Waals surface area contributed by atoms with E-state index in [0.29, 0.717) is 10.0 Å². The molecule has 1 atom stereocenters. The molecule has 5 heteroatoms. The molecule has 2 aromatic carbocycles. The Morgan fingerprint density at radius 1 is 1.05 bits per heavy atom. The van der Waals surface area contributed by atoms with Crippen LogP contribution < -0.4 is 0 Å². The molecule has 2 rings (SSSR count). The molecule has 0 aliphatic rings. The van der Waals surface area contributed by atoms with Crippen molar-refractivity contribution >= 4 is 31.9 Å². The van der Waals surface area contributed by atoms with Crippen LogP contribution in [0.5, 0.6) is 0 Å². The molecule has 0 spiro atoms. The van der Waals surface area contributed by atoms with E-state index in [-0.39, 0.29) is 22.6 Å². The number of halogens is 5. The first-order valence-corrected chi connectivity index (χ1v) is 7.22. The Morgan fingerprint density at radius 3 is 2.53 bits per heavy atom. The molecule has 0 heterocycles. The van der Waals surface area contributed by atoms with Crippen LogP contribution in [0.2, 0.25) is 0 Å². The SMILES string of the molecule is Fc1ccc(Br)c(C(Br)Cc2cccc(F)c2F)c1. The first-order valence-electron chi connectivity index (χ1n) is 5.51. The molecular weight excluding hydrogens is 385 g/mol. The summed E-state index contributed by atoms with van der Waals surface area (Å²) in [7, 11) is 0. The van der Waals surface area contributed by atoms with Crippen LogP contribution in [0.15, 0.2) is 40.9 Å². The molecule has 19 heavy (non-hydrogen) atoms. The largest absolute Gasteiger partial charge is 0.207 e. The van der Waals surface area contributed by atoms with Gasteiger partial charge in [0, 0.05) is 9.30 Å². The van der Waals surface area contributed by atoms with Crippen LogP contribution in [0.1, 0.15) is 16.0 Å². The van der Waals surface area contributed by atoms with Gasteiger partial charge in [-0.25, -0.2) is 13.2 Å². The molecule has 0 N–H and O–H groups in total. The Hall–Kier alpha value is -0.810. The van der Waals surface area contributed by atoms with Gasteiger partial charge in [-0.3, -0.25) is 0 Å². The predicted molar refractivity (Wildman–Crippen MR) is 75.8 cm³/mol. The number of hydrogen-bond donors (Lipinski definition) is 0. The van der Waals surface area contributed by atoms with Gasteiger partial charge in [0.15, 0.2) is 11.6 Å². The van der Waals surface area contributed by atoms with E-state index in [0.717, 1.165) is 6.07 Å². The normalized spacial score (nSPS) is 12.5. The molecular formula is C14H9Br2F3. The number of benzene rings is 2. The lowest BCUT2D eigenvalue weighted by atomic mass is 10.0. The van der Waals surface area contributed by atoms with Gasteiger partial charge in [0.1, 0.15) is 5.82 Å². The Labute approximate surface area is 125 Å². The standard InChI is InChI=1S/C14H9Br2F3/c15-11-5-4-9(17)7-10(11)12(16)6-8-2-1-3-13(18)14(8)19/h1-5,7,12H,6H2. The van der Waals surface area contributed by atoms with Gasteiger partial charge in [0.05, 0.1) is 0 Å². The molecule has 0 aromatic heterocycles. The quantitative estimate of drug-likeness (QED) is 0.600. The highest BCUT2D eigenvalue weighted by Gasteiger charge is 2.16. The van der Waals surface area contributed by atoms with Crippen molar-refractivity contribution in [2.75, 3.05) is 0 Å². The van der Waals surface area contributed by atoms with E-state index in [1.165, 1.54) is 24.3 Å². The first-order chi connectivity index (χ1) is 8.99. The minimum absolute atomic E-state index is 0.228. The van der Waals surface area contributed by atoms with Gasteiger partial charge in [-0.1, -0.05) is 44.0 Å². The molecule has 0 saturated carbocycles. The van der Waals surface area contributed by atoms with Crippen molar-refractivity contribution in [3.05, 3.63) is 69.4 Å². The fraction of sp³-hybridized carbons (Fsp3) is 0.143. The van der Waals surface area contributed by atoms with E-state index in [2.05, 4.69) is 31.9 Å². The van der Waals surface area contributed by atoms with Crippen LogP contribution in [-0.2, 0) is 6.42 Å². The fourth-order valence-corrected chi connectivity index (χ4v) is 3.32. The monoisotopic (exact) mass is 392 g/mol. The Bertz CT molecular complexity index is 599. The van der Waals surface area contributed by atoms with Crippen molar-refractivity contribution in [3.63, 3.8) is 0 Å². The van der Waals surface area contributed by atoms with Crippen molar-refractivity contribution in [2.45, 2.75) is 11.2 Å². The molecule has 1 unspecified atom stereocenters. The van der Waals surface area contributed by atoms with Crippen LogP contribution in [-0.4, -0.2) is 0 Å². The lowest BCUT2D eigenvalue weighted by Crippen LogP contribution is -2.01. The minimum atomic E-state index is -0.879. The second-order valence-corrected chi connectivity index (χ2v) is 6.01. The van der Waals surface area contributed by atoms with Gasteiger partial charge in [-0.05, 0) is 41.8 Å². The smallest absolute Gasteiger partial charge is 0.162 e. The highest BCUT2D eigenvalue weighted by atomic mass is 79.9. The third-order valence-electron chi connectivity index (χ3n) is 2.73. The van der Waals surface area contributed by atoms with E-state index >= 15 is 0 Å². The van der Waals surface area contributed by atoms with Gasteiger partial charge >= 0.3 is 0 Å². The van der Waals surface area contributed by atoms with Crippen LogP contribution in [0.3, 0.4) is 0 Å². The van der Waals surface area contributed by atoms with Gasteiger partial charge in [0.2, 0.25) is 0 Å². The summed E-state index contributed by atoms with van der Waals surface area (Å²) in [5.74, 6) is -2.11. The zero-order valence-electron chi connectivity index (χ0n) is 9.64. The first kappa shape index (κ1) is 14.6. The van der Waals surface area contributed by atoms with Gasteiger partial charge in [-0.15, -0.1) is 0 Å². The highest BCUT2D eigenvalue weighted by Crippen LogP contribution is 2.33. The van der Waals surface area contributed by atoms with Gasteiger partial charge < -0.3 is 0 Å². The summed E-state index contributed by atoms with van der Waals surface area (Å²) in [5.41, 5.74) is 0.904. The van der Waals surface area contributed by atoms with Crippen molar-refractivity contribution in [1.29, 1.82) is 0 Å². The van der Waals surface area contributed by atoms with Crippen molar-refractivity contribution in [2.24, 2.45) is 0 Å². The lowest BCUT2D eigenvalue weighted by Gasteiger charge is -2.13. The third-order valence-corrected chi connectivity index (χ3v) is 4.27. The topological polar surface area (TPSA) is 0 Å².